The van der Waals surface area contributed by atoms with Crippen LogP contribution in [0.4, 0.5) is 5.69 Å². The molecule has 1 amide bonds. The van der Waals surface area contributed by atoms with E-state index in [9.17, 15) is 4.79 Å². The van der Waals surface area contributed by atoms with Crippen molar-refractivity contribution < 1.29 is 9.53 Å². The lowest BCUT2D eigenvalue weighted by Crippen LogP contribution is -2.43. The van der Waals surface area contributed by atoms with Crippen LogP contribution in [0.15, 0.2) is 36.4 Å². The lowest BCUT2D eigenvalue weighted by atomic mass is 9.96. The van der Waals surface area contributed by atoms with Gasteiger partial charge in [0.25, 0.3) is 5.91 Å². The van der Waals surface area contributed by atoms with Gasteiger partial charge in [0.05, 0.1) is 11.6 Å². The fraction of sp³-hybridized carbons (Fsp3) is 0.464. The Morgan fingerprint density at radius 1 is 1.12 bits per heavy atom. The van der Waals surface area contributed by atoms with Gasteiger partial charge in [-0.15, -0.1) is 0 Å². The summed E-state index contributed by atoms with van der Waals surface area (Å²) in [4.78, 5) is 19.6. The molecule has 0 N–H and O–H groups in total. The van der Waals surface area contributed by atoms with Crippen LogP contribution in [0.25, 0.3) is 0 Å². The molecule has 2 saturated heterocycles. The van der Waals surface area contributed by atoms with Gasteiger partial charge in [0, 0.05) is 35.4 Å². The molecular formula is C28H32ClN3O2. The Morgan fingerprint density at radius 2 is 1.88 bits per heavy atom. The van der Waals surface area contributed by atoms with E-state index in [2.05, 4.69) is 23.8 Å². The highest BCUT2D eigenvalue weighted by molar-refractivity contribution is 6.32. The first-order valence-corrected chi connectivity index (χ1v) is 12.5. The highest BCUT2D eigenvalue weighted by atomic mass is 35.5. The largest absolute Gasteiger partial charge is 0.489 e. The van der Waals surface area contributed by atoms with Gasteiger partial charge in [-0.05, 0) is 95.2 Å². The second-order valence-corrected chi connectivity index (χ2v) is 10.4. The number of benzene rings is 2. The molecule has 2 bridgehead atoms. The first kappa shape index (κ1) is 23.2. The molecule has 5 rings (SSSR count). The van der Waals surface area contributed by atoms with Gasteiger partial charge in [0.15, 0.2) is 0 Å². The van der Waals surface area contributed by atoms with E-state index in [1.807, 2.05) is 60.3 Å². The number of nitrogens with zero attached hydrogens (tertiary/aromatic N) is 3. The second kappa shape index (κ2) is 9.62. The number of amides is 1. The number of fused-ring (bicyclic) bond motifs is 3. The van der Waals surface area contributed by atoms with Gasteiger partial charge >= 0.3 is 0 Å². The number of rotatable bonds is 4. The Kier molecular flexibility index (Phi) is 6.57. The summed E-state index contributed by atoms with van der Waals surface area (Å²) in [6, 6.07) is 12.9. The normalized spacial score (nSPS) is 24.1. The van der Waals surface area contributed by atoms with Crippen LogP contribution in [-0.4, -0.2) is 68.1 Å². The summed E-state index contributed by atoms with van der Waals surface area (Å²) in [6.07, 6.45) is 5.61. The summed E-state index contributed by atoms with van der Waals surface area (Å²) in [5, 5.41) is 0.564. The van der Waals surface area contributed by atoms with Gasteiger partial charge in [0.1, 0.15) is 11.9 Å². The van der Waals surface area contributed by atoms with Gasteiger partial charge in [-0.3, -0.25) is 9.69 Å². The number of halogens is 1. The van der Waals surface area contributed by atoms with E-state index in [0.717, 1.165) is 41.6 Å². The zero-order chi connectivity index (χ0) is 23.8. The van der Waals surface area contributed by atoms with E-state index < -0.39 is 0 Å². The average Bonchev–Trinajstić information content (AvgIpc) is 3.01. The van der Waals surface area contributed by atoms with Crippen molar-refractivity contribution in [1.29, 1.82) is 0 Å². The zero-order valence-electron chi connectivity index (χ0n) is 20.2. The Bertz CT molecular complexity index is 1140. The third kappa shape index (κ3) is 4.68. The third-order valence-corrected chi connectivity index (χ3v) is 7.68. The van der Waals surface area contributed by atoms with Crippen molar-refractivity contribution >= 4 is 23.2 Å². The van der Waals surface area contributed by atoms with Gasteiger partial charge < -0.3 is 14.5 Å². The van der Waals surface area contributed by atoms with E-state index in [1.165, 1.54) is 12.8 Å². The maximum absolute atomic E-state index is 13.3. The first-order chi connectivity index (χ1) is 16.4. The van der Waals surface area contributed by atoms with Crippen molar-refractivity contribution in [3.63, 3.8) is 0 Å². The molecule has 3 atom stereocenters. The highest BCUT2D eigenvalue weighted by Crippen LogP contribution is 2.38. The van der Waals surface area contributed by atoms with Gasteiger partial charge in [-0.1, -0.05) is 23.4 Å². The van der Waals surface area contributed by atoms with Crippen molar-refractivity contribution in [3.05, 3.63) is 58.1 Å². The molecule has 0 aliphatic carbocycles. The van der Waals surface area contributed by atoms with E-state index in [4.69, 9.17) is 16.3 Å². The Balaban J connectivity index is 1.28. The third-order valence-electron chi connectivity index (χ3n) is 7.39. The summed E-state index contributed by atoms with van der Waals surface area (Å²) in [5.41, 5.74) is 3.56. The number of anilines is 1. The van der Waals surface area contributed by atoms with Crippen LogP contribution in [0, 0.1) is 11.8 Å². The maximum Gasteiger partial charge on any atom is 0.258 e. The number of piperidine rings is 1. The first-order valence-electron chi connectivity index (χ1n) is 12.2. The molecule has 3 aliphatic heterocycles. The Hall–Kier alpha value is -2.52. The minimum Gasteiger partial charge on any atom is -0.489 e. The van der Waals surface area contributed by atoms with Gasteiger partial charge in [-0.2, -0.15) is 0 Å². The molecule has 0 spiro atoms. The lowest BCUT2D eigenvalue weighted by molar-refractivity contribution is 0.0662. The van der Waals surface area contributed by atoms with E-state index in [0.29, 0.717) is 35.9 Å². The highest BCUT2D eigenvalue weighted by Gasteiger charge is 2.39. The van der Waals surface area contributed by atoms with Crippen molar-refractivity contribution in [1.82, 2.24) is 9.80 Å². The van der Waals surface area contributed by atoms with Crippen molar-refractivity contribution in [2.24, 2.45) is 0 Å². The number of hydrogen-bond donors (Lipinski definition) is 0. The second-order valence-electron chi connectivity index (χ2n) is 9.99. The smallest absolute Gasteiger partial charge is 0.258 e. The summed E-state index contributed by atoms with van der Waals surface area (Å²) >= 11 is 6.63. The van der Waals surface area contributed by atoms with Crippen LogP contribution in [0.2, 0.25) is 5.02 Å². The molecule has 6 heteroatoms. The SMILES string of the molecule is CN(C)CC#Cc1ccc2c(c1)CCN(c1ccc(OC3C[C@H]4CC[C@@H](C3)N4C)c(Cl)c1)C2=O. The van der Waals surface area contributed by atoms with Crippen LogP contribution in [0.5, 0.6) is 5.75 Å². The van der Waals surface area contributed by atoms with Crippen molar-refractivity contribution in [2.45, 2.75) is 50.3 Å². The average molecular weight is 478 g/mol. The molecule has 34 heavy (non-hydrogen) atoms. The maximum atomic E-state index is 13.3. The van der Waals surface area contributed by atoms with Crippen molar-refractivity contribution in [3.8, 4) is 17.6 Å². The van der Waals surface area contributed by atoms with E-state index in [1.54, 1.807) is 0 Å². The minimum atomic E-state index is 0.00526. The van der Waals surface area contributed by atoms with Crippen LogP contribution in [0.1, 0.15) is 47.2 Å². The van der Waals surface area contributed by atoms with Crippen LogP contribution < -0.4 is 9.64 Å². The van der Waals surface area contributed by atoms with Crippen LogP contribution in [-0.2, 0) is 6.42 Å². The summed E-state index contributed by atoms with van der Waals surface area (Å²) < 4.78 is 6.32. The molecule has 5 nitrogen and oxygen atoms in total. The van der Waals surface area contributed by atoms with Gasteiger partial charge in [0.2, 0.25) is 0 Å². The van der Waals surface area contributed by atoms with Crippen LogP contribution >= 0.6 is 11.6 Å². The number of carbonyl (C=O) groups is 1. The topological polar surface area (TPSA) is 36.0 Å². The standard InChI is InChI=1S/C28H32ClN3O2/c1-30(2)13-4-5-19-6-10-25-20(15-19)12-14-32(28(25)33)23-9-11-27(26(29)18-23)34-24-16-21-7-8-22(17-24)31(21)3/h6,9-11,15,18,21-22,24H,7-8,12-14,16-17H2,1-3H3/t21-,22+,24?. The minimum absolute atomic E-state index is 0.00526. The monoisotopic (exact) mass is 477 g/mol. The molecule has 178 valence electrons. The summed E-state index contributed by atoms with van der Waals surface area (Å²) in [5.74, 6) is 7.07. The molecule has 3 heterocycles. The van der Waals surface area contributed by atoms with Gasteiger partial charge in [-0.25, -0.2) is 0 Å². The molecule has 0 aromatic heterocycles. The molecule has 1 unspecified atom stereocenters. The summed E-state index contributed by atoms with van der Waals surface area (Å²) in [7, 11) is 6.23. The van der Waals surface area contributed by atoms with E-state index >= 15 is 0 Å². The molecule has 0 saturated carbocycles. The fourth-order valence-electron chi connectivity index (χ4n) is 5.50. The lowest BCUT2D eigenvalue weighted by Gasteiger charge is -2.36. The van der Waals surface area contributed by atoms with Crippen molar-refractivity contribution in [2.75, 3.05) is 39.1 Å². The molecular weight excluding hydrogens is 446 g/mol. The number of ether oxygens (including phenoxy) is 1. The number of hydrogen-bond acceptors (Lipinski definition) is 4. The predicted molar refractivity (Wildman–Crippen MR) is 137 cm³/mol. The molecule has 2 aromatic rings. The molecule has 3 aliphatic rings. The Labute approximate surface area is 207 Å². The summed E-state index contributed by atoms with van der Waals surface area (Å²) in [6.45, 7) is 1.33. The fourth-order valence-corrected chi connectivity index (χ4v) is 5.72. The van der Waals surface area contributed by atoms with Crippen LogP contribution in [0.3, 0.4) is 0 Å². The molecule has 0 radical (unpaired) electrons. The predicted octanol–water partition coefficient (Wildman–Crippen LogP) is 4.46. The quantitative estimate of drug-likeness (QED) is 0.609. The zero-order valence-corrected chi connectivity index (χ0v) is 20.9. The molecule has 2 fully saturated rings. The molecule has 2 aromatic carbocycles. The van der Waals surface area contributed by atoms with E-state index in [-0.39, 0.29) is 12.0 Å². The number of carbonyl (C=O) groups excluding carboxylic acids is 1. The Morgan fingerprint density at radius 3 is 2.59 bits per heavy atom.